The van der Waals surface area contributed by atoms with Gasteiger partial charge < -0.3 is 25.2 Å². The summed E-state index contributed by atoms with van der Waals surface area (Å²) >= 11 is 0. The predicted molar refractivity (Wildman–Crippen MR) is 105 cm³/mol. The normalized spacial score (nSPS) is 14.9. The Morgan fingerprint density at radius 1 is 1.30 bits per heavy atom. The van der Waals surface area contributed by atoms with Crippen LogP contribution in [0, 0.1) is 0 Å². The fourth-order valence-electron chi connectivity index (χ4n) is 2.94. The van der Waals surface area contributed by atoms with Crippen molar-refractivity contribution in [2.45, 2.75) is 32.2 Å². The maximum atomic E-state index is 12.4. The topological polar surface area (TPSA) is 86.8 Å². The van der Waals surface area contributed by atoms with E-state index in [1.165, 1.54) is 0 Å². The molecule has 0 saturated carbocycles. The standard InChI is InChI=1S/C19H31N5O3/c1-4-27-19(26)24-12-8-15(9-13-24)22-18(25)17-7-6-16(14-21-17)20-10-5-11-23(2)3/h6-7,14-15,20H,4-5,8-13H2,1-3H3,(H,22,25). The van der Waals surface area contributed by atoms with Crippen molar-refractivity contribution in [2.75, 3.05) is 52.2 Å². The summed E-state index contributed by atoms with van der Waals surface area (Å²) in [4.78, 5) is 32.2. The Labute approximate surface area is 161 Å². The number of nitrogens with one attached hydrogen (secondary N) is 2. The van der Waals surface area contributed by atoms with Gasteiger partial charge in [-0.1, -0.05) is 0 Å². The third kappa shape index (κ3) is 7.05. The Bertz CT molecular complexity index is 598. The minimum absolute atomic E-state index is 0.0498. The molecule has 27 heavy (non-hydrogen) atoms. The number of hydrogen-bond acceptors (Lipinski definition) is 6. The predicted octanol–water partition coefficient (Wildman–Crippen LogP) is 1.80. The number of ether oxygens (including phenoxy) is 1. The first-order valence-corrected chi connectivity index (χ1v) is 9.56. The molecule has 1 aliphatic heterocycles. The third-order valence-corrected chi connectivity index (χ3v) is 4.46. The SMILES string of the molecule is CCOC(=O)N1CCC(NC(=O)c2ccc(NCCCN(C)C)cn2)CC1. The van der Waals surface area contributed by atoms with E-state index >= 15 is 0 Å². The molecule has 1 aromatic heterocycles. The zero-order valence-electron chi connectivity index (χ0n) is 16.5. The molecule has 8 nitrogen and oxygen atoms in total. The Balaban J connectivity index is 1.74. The summed E-state index contributed by atoms with van der Waals surface area (Å²) in [5.41, 5.74) is 1.31. The van der Waals surface area contributed by atoms with Gasteiger partial charge in [0, 0.05) is 25.7 Å². The quantitative estimate of drug-likeness (QED) is 0.672. The first kappa shape index (κ1) is 21.0. The fraction of sp³-hybridized carbons (Fsp3) is 0.632. The van der Waals surface area contributed by atoms with Gasteiger partial charge in [-0.25, -0.2) is 9.78 Å². The van der Waals surface area contributed by atoms with E-state index in [1.807, 2.05) is 6.07 Å². The van der Waals surface area contributed by atoms with Crippen molar-refractivity contribution in [1.29, 1.82) is 0 Å². The lowest BCUT2D eigenvalue weighted by Crippen LogP contribution is -2.46. The molecule has 2 N–H and O–H groups in total. The van der Waals surface area contributed by atoms with Crippen molar-refractivity contribution in [3.8, 4) is 0 Å². The van der Waals surface area contributed by atoms with E-state index in [2.05, 4.69) is 34.6 Å². The average molecular weight is 377 g/mol. The molecule has 1 aliphatic rings. The van der Waals surface area contributed by atoms with E-state index in [0.29, 0.717) is 25.4 Å². The molecule has 1 saturated heterocycles. The maximum Gasteiger partial charge on any atom is 0.409 e. The summed E-state index contributed by atoms with van der Waals surface area (Å²) in [7, 11) is 4.10. The van der Waals surface area contributed by atoms with Crippen LogP contribution in [0.25, 0.3) is 0 Å². The molecule has 1 aromatic rings. The van der Waals surface area contributed by atoms with Crippen molar-refractivity contribution < 1.29 is 14.3 Å². The van der Waals surface area contributed by atoms with Crippen LogP contribution < -0.4 is 10.6 Å². The number of piperidine rings is 1. The van der Waals surface area contributed by atoms with E-state index in [-0.39, 0.29) is 18.0 Å². The minimum Gasteiger partial charge on any atom is -0.450 e. The lowest BCUT2D eigenvalue weighted by Gasteiger charge is -2.31. The average Bonchev–Trinajstić information content (AvgIpc) is 2.66. The number of hydrogen-bond donors (Lipinski definition) is 2. The molecule has 0 radical (unpaired) electrons. The molecule has 0 aliphatic carbocycles. The first-order chi connectivity index (χ1) is 13.0. The largest absolute Gasteiger partial charge is 0.450 e. The fourth-order valence-corrected chi connectivity index (χ4v) is 2.94. The zero-order chi connectivity index (χ0) is 19.6. The van der Waals surface area contributed by atoms with E-state index < -0.39 is 0 Å². The summed E-state index contributed by atoms with van der Waals surface area (Å²) < 4.78 is 5.01. The Hall–Kier alpha value is -2.35. The Morgan fingerprint density at radius 2 is 2.04 bits per heavy atom. The molecule has 0 atom stereocenters. The molecule has 0 unspecified atom stereocenters. The second-order valence-electron chi connectivity index (χ2n) is 6.95. The molecule has 0 spiro atoms. The molecular formula is C19H31N5O3. The molecular weight excluding hydrogens is 346 g/mol. The van der Waals surface area contributed by atoms with E-state index in [4.69, 9.17) is 4.74 Å². The van der Waals surface area contributed by atoms with Gasteiger partial charge in [0.15, 0.2) is 0 Å². The number of rotatable bonds is 8. The van der Waals surface area contributed by atoms with Crippen molar-refractivity contribution in [3.05, 3.63) is 24.0 Å². The summed E-state index contributed by atoms with van der Waals surface area (Å²) in [6.45, 7) is 5.24. The van der Waals surface area contributed by atoms with Crippen LogP contribution >= 0.6 is 0 Å². The van der Waals surface area contributed by atoms with Crippen LogP contribution in [0.1, 0.15) is 36.7 Å². The number of nitrogens with zero attached hydrogens (tertiary/aromatic N) is 3. The molecule has 1 fully saturated rings. The number of pyridine rings is 1. The molecule has 150 valence electrons. The highest BCUT2D eigenvalue weighted by Crippen LogP contribution is 2.13. The van der Waals surface area contributed by atoms with Crippen LogP contribution in [0.3, 0.4) is 0 Å². The Morgan fingerprint density at radius 3 is 2.63 bits per heavy atom. The summed E-state index contributed by atoms with van der Waals surface area (Å²) in [6.07, 6.45) is 3.89. The third-order valence-electron chi connectivity index (χ3n) is 4.46. The molecule has 2 rings (SSSR count). The summed E-state index contributed by atoms with van der Waals surface area (Å²) in [5, 5.41) is 6.31. The van der Waals surface area contributed by atoms with Gasteiger partial charge in [0.05, 0.1) is 18.5 Å². The monoisotopic (exact) mass is 377 g/mol. The second-order valence-corrected chi connectivity index (χ2v) is 6.95. The van der Waals surface area contributed by atoms with Crippen molar-refractivity contribution in [3.63, 3.8) is 0 Å². The summed E-state index contributed by atoms with van der Waals surface area (Å²) in [6, 6.07) is 3.66. The number of carbonyl (C=O) groups is 2. The van der Waals surface area contributed by atoms with Crippen molar-refractivity contribution in [1.82, 2.24) is 20.1 Å². The van der Waals surface area contributed by atoms with Crippen LogP contribution in [-0.4, -0.2) is 79.7 Å². The van der Waals surface area contributed by atoms with Gasteiger partial charge >= 0.3 is 6.09 Å². The first-order valence-electron chi connectivity index (χ1n) is 9.56. The van der Waals surface area contributed by atoms with E-state index in [0.717, 1.165) is 38.0 Å². The second kappa shape index (κ2) is 10.7. The van der Waals surface area contributed by atoms with Crippen LogP contribution in [-0.2, 0) is 4.74 Å². The van der Waals surface area contributed by atoms with Crippen LogP contribution in [0.2, 0.25) is 0 Å². The maximum absolute atomic E-state index is 12.4. The van der Waals surface area contributed by atoms with Gasteiger partial charge in [0.25, 0.3) is 5.91 Å². The Kier molecular flexibility index (Phi) is 8.32. The number of anilines is 1. The molecule has 0 aromatic carbocycles. The van der Waals surface area contributed by atoms with Gasteiger partial charge in [-0.2, -0.15) is 0 Å². The van der Waals surface area contributed by atoms with Gasteiger partial charge in [-0.15, -0.1) is 0 Å². The van der Waals surface area contributed by atoms with Gasteiger partial charge in [-0.3, -0.25) is 4.79 Å². The molecule has 0 bridgehead atoms. The number of carbonyl (C=O) groups excluding carboxylic acids is 2. The lowest BCUT2D eigenvalue weighted by atomic mass is 10.1. The van der Waals surface area contributed by atoms with Crippen LogP contribution in [0.15, 0.2) is 18.3 Å². The lowest BCUT2D eigenvalue weighted by molar-refractivity contribution is 0.0856. The number of amides is 2. The van der Waals surface area contributed by atoms with Gasteiger partial charge in [-0.05, 0) is 59.0 Å². The van der Waals surface area contributed by atoms with E-state index in [1.54, 1.807) is 24.1 Å². The van der Waals surface area contributed by atoms with Crippen LogP contribution in [0.5, 0.6) is 0 Å². The van der Waals surface area contributed by atoms with Gasteiger partial charge in [0.1, 0.15) is 5.69 Å². The van der Waals surface area contributed by atoms with Crippen LogP contribution in [0.4, 0.5) is 10.5 Å². The highest BCUT2D eigenvalue weighted by molar-refractivity contribution is 5.92. The minimum atomic E-state index is -0.280. The molecule has 2 heterocycles. The highest BCUT2D eigenvalue weighted by Gasteiger charge is 2.25. The molecule has 2 amide bonds. The summed E-state index contributed by atoms with van der Waals surface area (Å²) in [5.74, 6) is -0.177. The van der Waals surface area contributed by atoms with Crippen molar-refractivity contribution >= 4 is 17.7 Å². The molecule has 8 heteroatoms. The number of likely N-dealkylation sites (tertiary alicyclic amines) is 1. The highest BCUT2D eigenvalue weighted by atomic mass is 16.6. The van der Waals surface area contributed by atoms with Gasteiger partial charge in [0.2, 0.25) is 0 Å². The zero-order valence-corrected chi connectivity index (χ0v) is 16.5. The smallest absolute Gasteiger partial charge is 0.409 e. The number of aromatic nitrogens is 1. The van der Waals surface area contributed by atoms with E-state index in [9.17, 15) is 9.59 Å². The van der Waals surface area contributed by atoms with Crippen molar-refractivity contribution in [2.24, 2.45) is 0 Å².